The Hall–Kier alpha value is -3.56. The average molecular weight is 418 g/mol. The van der Waals surface area contributed by atoms with Crippen molar-refractivity contribution in [1.29, 1.82) is 0 Å². The third kappa shape index (κ3) is 3.93. The van der Waals surface area contributed by atoms with Gasteiger partial charge in [-0.2, -0.15) is 13.2 Å². The van der Waals surface area contributed by atoms with E-state index in [-0.39, 0.29) is 17.3 Å². The Morgan fingerprint density at radius 2 is 2.03 bits per heavy atom. The summed E-state index contributed by atoms with van der Waals surface area (Å²) in [6.07, 6.45) is -3.49. The monoisotopic (exact) mass is 418 g/mol. The Bertz CT molecular complexity index is 1070. The summed E-state index contributed by atoms with van der Waals surface area (Å²) in [5.74, 6) is 0.928. The largest absolute Gasteiger partial charge is 0.490 e. The van der Waals surface area contributed by atoms with E-state index in [0.29, 0.717) is 30.3 Å². The maximum Gasteiger partial charge on any atom is 0.433 e. The van der Waals surface area contributed by atoms with E-state index in [2.05, 4.69) is 15.5 Å². The lowest BCUT2D eigenvalue weighted by Crippen LogP contribution is -2.45. The first-order chi connectivity index (χ1) is 14.3. The van der Waals surface area contributed by atoms with Gasteiger partial charge in [-0.1, -0.05) is 17.3 Å². The van der Waals surface area contributed by atoms with Crippen LogP contribution in [0.3, 0.4) is 0 Å². The number of aromatic nitrogens is 2. The van der Waals surface area contributed by atoms with E-state index in [1.807, 2.05) is 12.1 Å². The zero-order chi connectivity index (χ0) is 21.3. The normalized spacial score (nSPS) is 14.6. The summed E-state index contributed by atoms with van der Waals surface area (Å²) in [5, 5.41) is 6.64. The number of fused-ring (bicyclic) bond motifs is 1. The minimum absolute atomic E-state index is 0.216. The maximum atomic E-state index is 12.9. The lowest BCUT2D eigenvalue weighted by atomic mass is 10.1. The Balaban J connectivity index is 1.49. The second-order valence-electron chi connectivity index (χ2n) is 6.68. The molecular weight excluding hydrogens is 401 g/mol. The minimum Gasteiger partial charge on any atom is -0.490 e. The molecule has 10 heteroatoms. The lowest BCUT2D eigenvalue weighted by molar-refractivity contribution is -0.141. The summed E-state index contributed by atoms with van der Waals surface area (Å²) in [6, 6.07) is 10.1. The number of nitrogens with zero attached hydrogens (tertiary/aromatic N) is 3. The molecule has 0 spiro atoms. The van der Waals surface area contributed by atoms with Crippen molar-refractivity contribution in [1.82, 2.24) is 15.5 Å². The number of nitrogens with one attached hydrogen (secondary N) is 1. The number of amides is 2. The summed E-state index contributed by atoms with van der Waals surface area (Å²) in [7, 11) is 0. The fourth-order valence-corrected chi connectivity index (χ4v) is 3.09. The van der Waals surface area contributed by atoms with Crippen LogP contribution in [0.15, 0.2) is 53.2 Å². The maximum absolute atomic E-state index is 12.9. The van der Waals surface area contributed by atoms with Gasteiger partial charge in [-0.25, -0.2) is 4.79 Å². The summed E-state index contributed by atoms with van der Waals surface area (Å²) >= 11 is 0. The molecule has 2 aromatic heterocycles. The van der Waals surface area contributed by atoms with Gasteiger partial charge in [0.2, 0.25) is 0 Å². The second-order valence-corrected chi connectivity index (χ2v) is 6.68. The molecule has 1 atom stereocenters. The molecular formula is C20H17F3N4O3. The molecule has 0 fully saturated rings. The van der Waals surface area contributed by atoms with E-state index in [0.717, 1.165) is 12.3 Å². The number of rotatable bonds is 3. The van der Waals surface area contributed by atoms with Gasteiger partial charge in [0, 0.05) is 17.8 Å². The number of pyridine rings is 1. The quantitative estimate of drug-likeness (QED) is 0.681. The molecule has 3 heterocycles. The molecule has 1 unspecified atom stereocenters. The number of halogens is 3. The third-order valence-electron chi connectivity index (χ3n) is 4.61. The molecule has 3 aromatic rings. The number of anilines is 1. The zero-order valence-corrected chi connectivity index (χ0v) is 15.8. The smallest absolute Gasteiger partial charge is 0.433 e. The van der Waals surface area contributed by atoms with Crippen LogP contribution >= 0.6 is 0 Å². The molecule has 156 valence electrons. The molecule has 7 nitrogen and oxygen atoms in total. The van der Waals surface area contributed by atoms with Crippen molar-refractivity contribution in [3.8, 4) is 17.0 Å². The predicted octanol–water partition coefficient (Wildman–Crippen LogP) is 4.43. The van der Waals surface area contributed by atoms with Gasteiger partial charge in [-0.05, 0) is 31.2 Å². The van der Waals surface area contributed by atoms with Crippen molar-refractivity contribution in [2.75, 3.05) is 18.1 Å². The fourth-order valence-electron chi connectivity index (χ4n) is 3.09. The van der Waals surface area contributed by atoms with Crippen LogP contribution in [-0.4, -0.2) is 29.3 Å². The molecule has 30 heavy (non-hydrogen) atoms. The van der Waals surface area contributed by atoms with Crippen LogP contribution in [0, 0.1) is 0 Å². The molecule has 0 radical (unpaired) electrons. The van der Waals surface area contributed by atoms with E-state index < -0.39 is 17.9 Å². The van der Waals surface area contributed by atoms with Crippen LogP contribution in [0.4, 0.5) is 23.7 Å². The Labute approximate surface area is 169 Å². The number of carbonyl (C=O) groups is 1. The standard InChI is InChI=1S/C20H17F3N4O3/c1-12(25-19(28)27-8-9-29-16-5-3-2-4-15(16)27)17-11-14(26-30-17)13-6-7-24-18(10-13)20(21,22)23/h2-7,10-12H,8-9H2,1H3,(H,25,28). The molecule has 1 aliphatic heterocycles. The van der Waals surface area contributed by atoms with Crippen LogP contribution in [-0.2, 0) is 6.18 Å². The fraction of sp³-hybridized carbons (Fsp3) is 0.250. The van der Waals surface area contributed by atoms with E-state index in [4.69, 9.17) is 9.26 Å². The van der Waals surface area contributed by atoms with Gasteiger partial charge in [0.05, 0.1) is 18.3 Å². The highest BCUT2D eigenvalue weighted by Crippen LogP contribution is 2.32. The summed E-state index contributed by atoms with van der Waals surface area (Å²) in [6.45, 7) is 2.45. The van der Waals surface area contributed by atoms with Crippen molar-refractivity contribution >= 4 is 11.7 Å². The SMILES string of the molecule is CC(NC(=O)N1CCOc2ccccc21)c1cc(-c2ccnc(C(F)(F)F)c2)no1. The Morgan fingerprint density at radius 1 is 1.23 bits per heavy atom. The van der Waals surface area contributed by atoms with Gasteiger partial charge in [0.1, 0.15) is 23.7 Å². The number of carbonyl (C=O) groups excluding carboxylic acids is 1. The third-order valence-corrected chi connectivity index (χ3v) is 4.61. The number of alkyl halides is 3. The van der Waals surface area contributed by atoms with E-state index in [1.54, 1.807) is 24.0 Å². The topological polar surface area (TPSA) is 80.5 Å². The van der Waals surface area contributed by atoms with Crippen LogP contribution < -0.4 is 15.0 Å². The highest BCUT2D eigenvalue weighted by atomic mass is 19.4. The van der Waals surface area contributed by atoms with Gasteiger partial charge >= 0.3 is 12.2 Å². The Morgan fingerprint density at radius 3 is 2.83 bits per heavy atom. The minimum atomic E-state index is -4.56. The van der Waals surface area contributed by atoms with E-state index in [9.17, 15) is 18.0 Å². The second kappa shape index (κ2) is 7.69. The molecule has 0 saturated heterocycles. The molecule has 0 saturated carbocycles. The molecule has 0 aliphatic carbocycles. The van der Waals surface area contributed by atoms with Crippen LogP contribution in [0.2, 0.25) is 0 Å². The molecule has 2 amide bonds. The first kappa shape index (κ1) is 19.7. The predicted molar refractivity (Wildman–Crippen MR) is 101 cm³/mol. The van der Waals surface area contributed by atoms with Crippen molar-refractivity contribution in [3.05, 3.63) is 60.1 Å². The number of para-hydroxylation sites is 2. The number of hydrogen-bond acceptors (Lipinski definition) is 5. The van der Waals surface area contributed by atoms with Crippen LogP contribution in [0.1, 0.15) is 24.4 Å². The highest BCUT2D eigenvalue weighted by Gasteiger charge is 2.33. The first-order valence-electron chi connectivity index (χ1n) is 9.13. The number of benzene rings is 1. The number of ether oxygens (including phenoxy) is 1. The molecule has 1 aliphatic rings. The van der Waals surface area contributed by atoms with Crippen molar-refractivity contribution in [3.63, 3.8) is 0 Å². The molecule has 4 rings (SSSR count). The van der Waals surface area contributed by atoms with E-state index >= 15 is 0 Å². The average Bonchev–Trinajstić information content (AvgIpc) is 3.23. The summed E-state index contributed by atoms with van der Waals surface area (Å²) in [4.78, 5) is 17.6. The van der Waals surface area contributed by atoms with Crippen molar-refractivity contribution in [2.24, 2.45) is 0 Å². The van der Waals surface area contributed by atoms with Gasteiger partial charge in [-0.3, -0.25) is 9.88 Å². The van der Waals surface area contributed by atoms with E-state index in [1.165, 1.54) is 12.1 Å². The molecule has 1 N–H and O–H groups in total. The Kier molecular flexibility index (Phi) is 5.06. The van der Waals surface area contributed by atoms with Crippen LogP contribution in [0.25, 0.3) is 11.3 Å². The zero-order valence-electron chi connectivity index (χ0n) is 15.8. The molecule has 0 bridgehead atoms. The first-order valence-corrected chi connectivity index (χ1v) is 9.13. The van der Waals surface area contributed by atoms with Crippen molar-refractivity contribution in [2.45, 2.75) is 19.1 Å². The number of urea groups is 1. The van der Waals surface area contributed by atoms with Gasteiger partial charge in [0.25, 0.3) is 0 Å². The highest BCUT2D eigenvalue weighted by molar-refractivity contribution is 5.94. The van der Waals surface area contributed by atoms with Gasteiger partial charge in [-0.15, -0.1) is 0 Å². The van der Waals surface area contributed by atoms with Gasteiger partial charge < -0.3 is 14.6 Å². The van der Waals surface area contributed by atoms with Crippen molar-refractivity contribution < 1.29 is 27.2 Å². The summed E-state index contributed by atoms with van der Waals surface area (Å²) in [5.41, 5.74) is 0.0729. The summed E-state index contributed by atoms with van der Waals surface area (Å²) < 4.78 is 49.4. The molecule has 1 aromatic carbocycles. The van der Waals surface area contributed by atoms with Crippen LogP contribution in [0.5, 0.6) is 5.75 Å². The lowest BCUT2D eigenvalue weighted by Gasteiger charge is -2.30. The van der Waals surface area contributed by atoms with Gasteiger partial charge in [0.15, 0.2) is 5.76 Å². The number of hydrogen-bond donors (Lipinski definition) is 1.